The zero-order valence-corrected chi connectivity index (χ0v) is 11.8. The van der Waals surface area contributed by atoms with Gasteiger partial charge in [0, 0.05) is 18.2 Å². The van der Waals surface area contributed by atoms with Gasteiger partial charge in [-0.3, -0.25) is 0 Å². The summed E-state index contributed by atoms with van der Waals surface area (Å²) in [6, 6.07) is 18.0. The van der Waals surface area contributed by atoms with E-state index in [4.69, 9.17) is 10.00 Å². The first kappa shape index (κ1) is 14.1. The molecular weight excluding hydrogens is 248 g/mol. The fourth-order valence-electron chi connectivity index (χ4n) is 2.18. The van der Waals surface area contributed by atoms with Crippen LogP contribution in [0.2, 0.25) is 0 Å². The molecule has 0 saturated heterocycles. The minimum atomic E-state index is 0.151. The van der Waals surface area contributed by atoms with Crippen LogP contribution < -0.4 is 10.1 Å². The van der Waals surface area contributed by atoms with Crippen molar-refractivity contribution in [1.29, 1.82) is 5.26 Å². The first-order valence-corrected chi connectivity index (χ1v) is 6.60. The third-order valence-corrected chi connectivity index (χ3v) is 3.34. The lowest BCUT2D eigenvalue weighted by molar-refractivity contribution is 0.401. The summed E-state index contributed by atoms with van der Waals surface area (Å²) in [5, 5.41) is 12.5. The molecule has 0 amide bonds. The van der Waals surface area contributed by atoms with E-state index < -0.39 is 0 Å². The highest BCUT2D eigenvalue weighted by Crippen LogP contribution is 2.24. The van der Waals surface area contributed by atoms with Crippen molar-refractivity contribution in [2.24, 2.45) is 0 Å². The molecule has 0 aromatic heterocycles. The summed E-state index contributed by atoms with van der Waals surface area (Å²) >= 11 is 0. The molecule has 102 valence electrons. The second-order valence-corrected chi connectivity index (χ2v) is 4.61. The number of rotatable bonds is 5. The van der Waals surface area contributed by atoms with Crippen molar-refractivity contribution in [3.63, 3.8) is 0 Å². The summed E-state index contributed by atoms with van der Waals surface area (Å²) in [7, 11) is 1.68. The van der Waals surface area contributed by atoms with Gasteiger partial charge in [-0.15, -0.1) is 0 Å². The highest BCUT2D eigenvalue weighted by Gasteiger charge is 2.10. The van der Waals surface area contributed by atoms with Crippen LogP contribution in [-0.4, -0.2) is 7.11 Å². The van der Waals surface area contributed by atoms with Crippen molar-refractivity contribution >= 4 is 0 Å². The maximum absolute atomic E-state index is 9.09. The summed E-state index contributed by atoms with van der Waals surface area (Å²) in [6.45, 7) is 2.75. The molecule has 3 nitrogen and oxygen atoms in total. The molecule has 2 aromatic carbocycles. The largest absolute Gasteiger partial charge is 0.496 e. The maximum Gasteiger partial charge on any atom is 0.123 e. The number of nitriles is 1. The fourth-order valence-corrected chi connectivity index (χ4v) is 2.18. The number of benzene rings is 2. The molecule has 0 aliphatic heterocycles. The van der Waals surface area contributed by atoms with Crippen LogP contribution in [0.4, 0.5) is 0 Å². The average Bonchev–Trinajstić information content (AvgIpc) is 2.52. The lowest BCUT2D eigenvalue weighted by Gasteiger charge is -2.17. The number of hydrogen-bond acceptors (Lipinski definition) is 3. The van der Waals surface area contributed by atoms with Gasteiger partial charge in [0.05, 0.1) is 18.7 Å². The van der Waals surface area contributed by atoms with Gasteiger partial charge in [-0.1, -0.05) is 36.4 Å². The monoisotopic (exact) mass is 266 g/mol. The standard InChI is InChI=1S/C17H18N2O/c1-13(16-9-5-6-10-17(16)20-2)19-12-15-8-4-3-7-14(15)11-18/h3-10,13,19H,12H2,1-2H3/t13-/m1/s1. The molecule has 1 N–H and O–H groups in total. The van der Waals surface area contributed by atoms with Crippen molar-refractivity contribution in [3.05, 3.63) is 65.2 Å². The molecular formula is C17H18N2O. The van der Waals surface area contributed by atoms with E-state index in [2.05, 4.69) is 18.3 Å². The van der Waals surface area contributed by atoms with Gasteiger partial charge in [-0.25, -0.2) is 0 Å². The van der Waals surface area contributed by atoms with Crippen LogP contribution in [0.15, 0.2) is 48.5 Å². The SMILES string of the molecule is COc1ccccc1[C@@H](C)NCc1ccccc1C#N. The molecule has 0 aliphatic rings. The van der Waals surface area contributed by atoms with E-state index in [0.29, 0.717) is 12.1 Å². The second-order valence-electron chi connectivity index (χ2n) is 4.61. The highest BCUT2D eigenvalue weighted by molar-refractivity contribution is 5.38. The van der Waals surface area contributed by atoms with E-state index in [9.17, 15) is 0 Å². The molecule has 0 radical (unpaired) electrons. The van der Waals surface area contributed by atoms with E-state index in [1.54, 1.807) is 7.11 Å². The van der Waals surface area contributed by atoms with E-state index in [-0.39, 0.29) is 6.04 Å². The molecule has 0 unspecified atom stereocenters. The third-order valence-electron chi connectivity index (χ3n) is 3.34. The molecule has 20 heavy (non-hydrogen) atoms. The van der Waals surface area contributed by atoms with Gasteiger partial charge in [0.15, 0.2) is 0 Å². The van der Waals surface area contributed by atoms with Crippen molar-refractivity contribution in [2.45, 2.75) is 19.5 Å². The fraction of sp³-hybridized carbons (Fsp3) is 0.235. The number of ether oxygens (including phenoxy) is 1. The zero-order chi connectivity index (χ0) is 14.4. The Kier molecular flexibility index (Phi) is 4.75. The Morgan fingerprint density at radius 2 is 1.85 bits per heavy atom. The first-order chi connectivity index (χ1) is 9.76. The molecule has 0 fully saturated rings. The Balaban J connectivity index is 2.09. The summed E-state index contributed by atoms with van der Waals surface area (Å²) in [4.78, 5) is 0. The van der Waals surface area contributed by atoms with E-state index in [0.717, 1.165) is 16.9 Å². The summed E-state index contributed by atoms with van der Waals surface area (Å²) in [5.74, 6) is 0.876. The number of nitrogens with zero attached hydrogens (tertiary/aromatic N) is 1. The Hall–Kier alpha value is -2.31. The summed E-state index contributed by atoms with van der Waals surface area (Å²) < 4.78 is 5.37. The third kappa shape index (κ3) is 3.17. The van der Waals surface area contributed by atoms with Gasteiger partial charge in [-0.2, -0.15) is 5.26 Å². The van der Waals surface area contributed by atoms with Crippen LogP contribution in [0.1, 0.15) is 29.7 Å². The number of nitrogens with one attached hydrogen (secondary N) is 1. The van der Waals surface area contributed by atoms with E-state index in [1.807, 2.05) is 48.5 Å². The molecule has 3 heteroatoms. The Morgan fingerprint density at radius 1 is 1.15 bits per heavy atom. The smallest absolute Gasteiger partial charge is 0.123 e. The number of hydrogen-bond donors (Lipinski definition) is 1. The first-order valence-electron chi connectivity index (χ1n) is 6.60. The van der Waals surface area contributed by atoms with Gasteiger partial charge in [0.2, 0.25) is 0 Å². The Labute approximate surface area is 119 Å². The highest BCUT2D eigenvalue weighted by atomic mass is 16.5. The molecule has 0 heterocycles. The van der Waals surface area contributed by atoms with Gasteiger partial charge in [0.1, 0.15) is 5.75 Å². The van der Waals surface area contributed by atoms with Crippen molar-refractivity contribution in [3.8, 4) is 11.8 Å². The predicted octanol–water partition coefficient (Wildman–Crippen LogP) is 3.42. The van der Waals surface area contributed by atoms with Crippen molar-refractivity contribution < 1.29 is 4.74 Å². The van der Waals surface area contributed by atoms with E-state index in [1.165, 1.54) is 0 Å². The minimum Gasteiger partial charge on any atom is -0.496 e. The van der Waals surface area contributed by atoms with E-state index >= 15 is 0 Å². The number of para-hydroxylation sites is 1. The quantitative estimate of drug-likeness (QED) is 0.902. The van der Waals surface area contributed by atoms with Gasteiger partial charge in [-0.05, 0) is 24.6 Å². The lowest BCUT2D eigenvalue weighted by Crippen LogP contribution is -2.19. The second kappa shape index (κ2) is 6.74. The van der Waals surface area contributed by atoms with Crippen LogP contribution >= 0.6 is 0 Å². The van der Waals surface area contributed by atoms with Crippen LogP contribution in [0.5, 0.6) is 5.75 Å². The summed E-state index contributed by atoms with van der Waals surface area (Å²) in [5.41, 5.74) is 2.84. The number of methoxy groups -OCH3 is 1. The topological polar surface area (TPSA) is 45.0 Å². The molecule has 0 spiro atoms. The molecule has 0 saturated carbocycles. The van der Waals surface area contributed by atoms with Crippen LogP contribution in [0.3, 0.4) is 0 Å². The van der Waals surface area contributed by atoms with Gasteiger partial charge < -0.3 is 10.1 Å². The molecule has 1 atom stereocenters. The molecule has 0 aliphatic carbocycles. The van der Waals surface area contributed by atoms with Crippen LogP contribution in [0, 0.1) is 11.3 Å². The van der Waals surface area contributed by atoms with Gasteiger partial charge >= 0.3 is 0 Å². The molecule has 2 aromatic rings. The average molecular weight is 266 g/mol. The molecule has 0 bridgehead atoms. The lowest BCUT2D eigenvalue weighted by atomic mass is 10.1. The predicted molar refractivity (Wildman–Crippen MR) is 79.4 cm³/mol. The van der Waals surface area contributed by atoms with Crippen molar-refractivity contribution in [2.75, 3.05) is 7.11 Å². The normalized spacial score (nSPS) is 11.7. The summed E-state index contributed by atoms with van der Waals surface area (Å²) in [6.07, 6.45) is 0. The minimum absolute atomic E-state index is 0.151. The van der Waals surface area contributed by atoms with Gasteiger partial charge in [0.25, 0.3) is 0 Å². The van der Waals surface area contributed by atoms with Crippen LogP contribution in [-0.2, 0) is 6.54 Å². The maximum atomic E-state index is 9.09. The van der Waals surface area contributed by atoms with Crippen LogP contribution in [0.25, 0.3) is 0 Å². The molecule has 2 rings (SSSR count). The zero-order valence-electron chi connectivity index (χ0n) is 11.8. The Morgan fingerprint density at radius 3 is 2.60 bits per heavy atom. The Bertz CT molecular complexity index is 616. The van der Waals surface area contributed by atoms with Crippen molar-refractivity contribution in [1.82, 2.24) is 5.32 Å².